The van der Waals surface area contributed by atoms with E-state index in [4.69, 9.17) is 5.73 Å². The van der Waals surface area contributed by atoms with Crippen molar-refractivity contribution in [3.8, 4) is 11.1 Å². The van der Waals surface area contributed by atoms with Gasteiger partial charge in [-0.3, -0.25) is 14.4 Å². The lowest BCUT2D eigenvalue weighted by Gasteiger charge is -2.29. The Balaban J connectivity index is 1.72. The Kier molecular flexibility index (Phi) is 7.90. The van der Waals surface area contributed by atoms with E-state index in [1.54, 1.807) is 25.1 Å². The molecule has 38 heavy (non-hydrogen) atoms. The van der Waals surface area contributed by atoms with Crippen molar-refractivity contribution in [3.05, 3.63) is 83.4 Å². The molecule has 8 heteroatoms. The maximum Gasteiger partial charge on any atom is 0.256 e. The zero-order chi connectivity index (χ0) is 27.6. The minimum atomic E-state index is -1.05. The van der Waals surface area contributed by atoms with Crippen LogP contribution in [0.15, 0.2) is 60.7 Å². The molecule has 0 saturated carbocycles. The van der Waals surface area contributed by atoms with Crippen LogP contribution in [0.5, 0.6) is 0 Å². The second kappa shape index (κ2) is 11.1. The second-order valence-corrected chi connectivity index (χ2v) is 9.84. The first-order valence-electron chi connectivity index (χ1n) is 12.7. The first kappa shape index (κ1) is 27.0. The predicted molar refractivity (Wildman–Crippen MR) is 143 cm³/mol. The molecule has 2 unspecified atom stereocenters. The minimum Gasteiger partial charge on any atom is -0.398 e. The third kappa shape index (κ3) is 5.30. The van der Waals surface area contributed by atoms with Crippen LogP contribution in [0.3, 0.4) is 0 Å². The molecule has 1 aliphatic heterocycles. The molecule has 3 N–H and O–H groups in total. The van der Waals surface area contributed by atoms with Crippen LogP contribution in [0, 0.1) is 17.6 Å². The van der Waals surface area contributed by atoms with Gasteiger partial charge in [0.05, 0.1) is 18.0 Å². The number of rotatable bonds is 7. The van der Waals surface area contributed by atoms with E-state index in [1.165, 1.54) is 6.07 Å². The van der Waals surface area contributed by atoms with E-state index in [9.17, 15) is 23.2 Å². The Hall–Kier alpha value is -4.07. The molecule has 0 aromatic heterocycles. The standard InChI is InChI=1S/C30H31F2N3O3/c1-4-17(2)14-25(34-27(36)15-19-12-13-20(31)16-23(19)32)30(38)35-26-11-7-10-24(33)28(26)22-9-6-5-8-21(22)18(3)29(35)37/h5-13,16-18,25H,4,14-15,33H2,1-3H3,(H,34,36)/t17?,18?,25-/m0/s1. The third-order valence-electron chi connectivity index (χ3n) is 7.16. The summed E-state index contributed by atoms with van der Waals surface area (Å²) in [4.78, 5) is 42.0. The van der Waals surface area contributed by atoms with E-state index >= 15 is 0 Å². The number of nitrogens with zero attached hydrogens (tertiary/aromatic N) is 1. The van der Waals surface area contributed by atoms with Gasteiger partial charge in [-0.25, -0.2) is 13.7 Å². The van der Waals surface area contributed by atoms with Crippen LogP contribution in [0.2, 0.25) is 0 Å². The summed E-state index contributed by atoms with van der Waals surface area (Å²) >= 11 is 0. The Morgan fingerprint density at radius 2 is 1.82 bits per heavy atom. The molecule has 0 radical (unpaired) electrons. The number of nitrogens with two attached hydrogens (primary N) is 1. The monoisotopic (exact) mass is 519 g/mol. The molecular formula is C30H31F2N3O3. The summed E-state index contributed by atoms with van der Waals surface area (Å²) in [7, 11) is 0. The summed E-state index contributed by atoms with van der Waals surface area (Å²) in [5, 5.41) is 2.72. The van der Waals surface area contributed by atoms with Gasteiger partial charge in [0, 0.05) is 17.3 Å². The average Bonchev–Trinajstić information content (AvgIpc) is 2.98. The van der Waals surface area contributed by atoms with Crippen LogP contribution in [0.1, 0.15) is 50.7 Å². The van der Waals surface area contributed by atoms with Gasteiger partial charge in [0.15, 0.2) is 0 Å². The van der Waals surface area contributed by atoms with E-state index < -0.39 is 41.3 Å². The molecule has 3 amide bonds. The molecule has 3 atom stereocenters. The molecule has 0 aliphatic carbocycles. The van der Waals surface area contributed by atoms with E-state index in [1.807, 2.05) is 38.1 Å². The number of fused-ring (bicyclic) bond motifs is 3. The van der Waals surface area contributed by atoms with Crippen LogP contribution in [-0.4, -0.2) is 23.8 Å². The fraction of sp³-hybridized carbons (Fsp3) is 0.300. The number of carbonyl (C=O) groups excluding carboxylic acids is 3. The van der Waals surface area contributed by atoms with E-state index in [-0.39, 0.29) is 24.3 Å². The Morgan fingerprint density at radius 3 is 2.53 bits per heavy atom. The fourth-order valence-electron chi connectivity index (χ4n) is 4.84. The number of imide groups is 1. The molecule has 6 nitrogen and oxygen atoms in total. The summed E-state index contributed by atoms with van der Waals surface area (Å²) < 4.78 is 27.5. The number of carbonyl (C=O) groups is 3. The van der Waals surface area contributed by atoms with Crippen LogP contribution < -0.4 is 16.0 Å². The van der Waals surface area contributed by atoms with Gasteiger partial charge in [-0.2, -0.15) is 0 Å². The number of benzene rings is 3. The van der Waals surface area contributed by atoms with Gasteiger partial charge in [0.2, 0.25) is 11.8 Å². The minimum absolute atomic E-state index is 0.00618. The van der Waals surface area contributed by atoms with E-state index in [0.29, 0.717) is 23.0 Å². The molecule has 1 heterocycles. The lowest BCUT2D eigenvalue weighted by molar-refractivity contribution is -0.131. The lowest BCUT2D eigenvalue weighted by Crippen LogP contribution is -2.52. The molecule has 3 aromatic rings. The molecule has 198 valence electrons. The van der Waals surface area contributed by atoms with E-state index in [2.05, 4.69) is 5.32 Å². The Labute approximate surface area is 220 Å². The molecule has 0 saturated heterocycles. The van der Waals surface area contributed by atoms with Gasteiger partial charge in [0.1, 0.15) is 17.7 Å². The highest BCUT2D eigenvalue weighted by atomic mass is 19.1. The van der Waals surface area contributed by atoms with Crippen molar-refractivity contribution >= 4 is 29.1 Å². The second-order valence-electron chi connectivity index (χ2n) is 9.84. The number of amides is 3. The van der Waals surface area contributed by atoms with Gasteiger partial charge >= 0.3 is 0 Å². The largest absolute Gasteiger partial charge is 0.398 e. The van der Waals surface area contributed by atoms with Crippen LogP contribution >= 0.6 is 0 Å². The number of hydrogen-bond acceptors (Lipinski definition) is 4. The summed E-state index contributed by atoms with van der Waals surface area (Å²) in [6.45, 7) is 5.65. The van der Waals surface area contributed by atoms with Gasteiger partial charge in [-0.1, -0.05) is 56.7 Å². The number of nitrogens with one attached hydrogen (secondary N) is 1. The maximum atomic E-state index is 14.2. The smallest absolute Gasteiger partial charge is 0.256 e. The summed E-state index contributed by atoms with van der Waals surface area (Å²) in [6.07, 6.45) is 0.636. The number of halogens is 2. The van der Waals surface area contributed by atoms with Gasteiger partial charge in [-0.05, 0) is 54.2 Å². The Morgan fingerprint density at radius 1 is 1.08 bits per heavy atom. The number of anilines is 2. The normalized spacial score (nSPS) is 16.2. The van der Waals surface area contributed by atoms with Crippen molar-refractivity contribution in [2.24, 2.45) is 5.92 Å². The van der Waals surface area contributed by atoms with Crippen LogP contribution in [-0.2, 0) is 20.8 Å². The number of nitrogen functional groups attached to an aromatic ring is 1. The molecule has 0 bridgehead atoms. The first-order chi connectivity index (χ1) is 18.1. The summed E-state index contributed by atoms with van der Waals surface area (Å²) in [5.41, 5.74) is 9.25. The molecule has 1 aliphatic rings. The maximum absolute atomic E-state index is 14.2. The molecule has 0 fully saturated rings. The van der Waals surface area contributed by atoms with Crippen molar-refractivity contribution in [2.75, 3.05) is 10.6 Å². The SMILES string of the molecule is CCC(C)C[C@H](NC(=O)Cc1ccc(F)cc1F)C(=O)N1C(=O)C(C)c2ccccc2-c2c(N)cccc21. The van der Waals surface area contributed by atoms with Gasteiger partial charge in [0.25, 0.3) is 5.91 Å². The summed E-state index contributed by atoms with van der Waals surface area (Å²) in [5.74, 6) is -3.81. The highest BCUT2D eigenvalue weighted by molar-refractivity contribution is 6.22. The van der Waals surface area contributed by atoms with Gasteiger partial charge < -0.3 is 11.1 Å². The Bertz CT molecular complexity index is 1390. The van der Waals surface area contributed by atoms with Crippen molar-refractivity contribution in [1.82, 2.24) is 5.32 Å². The average molecular weight is 520 g/mol. The van der Waals surface area contributed by atoms with Crippen molar-refractivity contribution in [1.29, 1.82) is 0 Å². The zero-order valence-electron chi connectivity index (χ0n) is 21.6. The molecule has 4 rings (SSSR count). The quantitative estimate of drug-likeness (QED) is 0.412. The number of hydrogen-bond donors (Lipinski definition) is 2. The topological polar surface area (TPSA) is 92.5 Å². The highest BCUT2D eigenvalue weighted by Crippen LogP contribution is 2.44. The summed E-state index contributed by atoms with van der Waals surface area (Å²) in [6, 6.07) is 14.4. The van der Waals surface area contributed by atoms with Crippen LogP contribution in [0.25, 0.3) is 11.1 Å². The molecular weight excluding hydrogens is 488 g/mol. The lowest BCUT2D eigenvalue weighted by atomic mass is 9.92. The molecule has 3 aromatic carbocycles. The van der Waals surface area contributed by atoms with Crippen molar-refractivity contribution in [2.45, 2.75) is 52.0 Å². The zero-order valence-corrected chi connectivity index (χ0v) is 21.6. The fourth-order valence-corrected chi connectivity index (χ4v) is 4.84. The highest BCUT2D eigenvalue weighted by Gasteiger charge is 2.39. The van der Waals surface area contributed by atoms with Crippen LogP contribution in [0.4, 0.5) is 20.2 Å². The van der Waals surface area contributed by atoms with Gasteiger partial charge in [-0.15, -0.1) is 0 Å². The first-order valence-corrected chi connectivity index (χ1v) is 12.7. The van der Waals surface area contributed by atoms with E-state index in [0.717, 1.165) is 28.5 Å². The van der Waals surface area contributed by atoms with Crippen molar-refractivity contribution in [3.63, 3.8) is 0 Å². The third-order valence-corrected chi connectivity index (χ3v) is 7.16. The van der Waals surface area contributed by atoms with Crippen molar-refractivity contribution < 1.29 is 23.2 Å². The predicted octanol–water partition coefficient (Wildman–Crippen LogP) is 5.35. The molecule has 0 spiro atoms.